The van der Waals surface area contributed by atoms with Crippen LogP contribution in [0.15, 0.2) is 28.9 Å². The SMILES string of the molecule is CC1=CN2C(=NC(=O)C[C@]2(C)C(=O)N(CC(=O)NC2CCCC2)C2CCCC2)C=C1. The summed E-state index contributed by atoms with van der Waals surface area (Å²) in [6.07, 6.45) is 13.8. The van der Waals surface area contributed by atoms with Crippen LogP contribution in [0.5, 0.6) is 0 Å². The monoisotopic (exact) mass is 412 g/mol. The molecule has 1 atom stereocenters. The standard InChI is InChI=1S/C23H32N4O3/c1-16-11-12-19-25-20(28)13-23(2,27(19)14-16)22(30)26(18-9-5-6-10-18)15-21(29)24-17-7-3-4-8-17/h11-12,14,17-18H,3-10,13,15H2,1-2H3,(H,24,29)/t23-/m1/s1. The van der Waals surface area contributed by atoms with Gasteiger partial charge >= 0.3 is 0 Å². The van der Waals surface area contributed by atoms with Crippen molar-refractivity contribution in [3.05, 3.63) is 23.9 Å². The minimum atomic E-state index is -1.07. The van der Waals surface area contributed by atoms with E-state index in [0.29, 0.717) is 5.84 Å². The fraction of sp³-hybridized carbons (Fsp3) is 0.652. The Labute approximate surface area is 178 Å². The number of amides is 3. The van der Waals surface area contributed by atoms with E-state index >= 15 is 0 Å². The molecule has 0 unspecified atom stereocenters. The Morgan fingerprint density at radius 2 is 1.83 bits per heavy atom. The summed E-state index contributed by atoms with van der Waals surface area (Å²) < 4.78 is 0. The van der Waals surface area contributed by atoms with Gasteiger partial charge in [-0.1, -0.05) is 31.8 Å². The molecule has 2 aliphatic carbocycles. The number of allylic oxidation sites excluding steroid dienone is 2. The number of carbonyl (C=O) groups excluding carboxylic acids is 3. The highest BCUT2D eigenvalue weighted by Crippen LogP contribution is 2.34. The second kappa shape index (κ2) is 8.36. The summed E-state index contributed by atoms with van der Waals surface area (Å²) >= 11 is 0. The maximum atomic E-state index is 13.9. The van der Waals surface area contributed by atoms with Crippen LogP contribution in [0.3, 0.4) is 0 Å². The summed E-state index contributed by atoms with van der Waals surface area (Å²) in [7, 11) is 0. The van der Waals surface area contributed by atoms with Crippen LogP contribution < -0.4 is 5.32 Å². The maximum Gasteiger partial charge on any atom is 0.250 e. The quantitative estimate of drug-likeness (QED) is 0.753. The molecular formula is C23H32N4O3. The Bertz CT molecular complexity index is 818. The van der Waals surface area contributed by atoms with Crippen molar-refractivity contribution in [1.29, 1.82) is 0 Å². The van der Waals surface area contributed by atoms with Crippen LogP contribution in [0.2, 0.25) is 0 Å². The molecule has 0 aromatic heterocycles. The molecule has 162 valence electrons. The van der Waals surface area contributed by atoms with Crippen molar-refractivity contribution in [3.63, 3.8) is 0 Å². The molecule has 2 aliphatic heterocycles. The molecule has 0 spiro atoms. The van der Waals surface area contributed by atoms with Crippen LogP contribution in [0.1, 0.15) is 71.6 Å². The first-order chi connectivity index (χ1) is 14.4. The number of nitrogens with one attached hydrogen (secondary N) is 1. The van der Waals surface area contributed by atoms with Gasteiger partial charge in [0.05, 0.1) is 13.0 Å². The van der Waals surface area contributed by atoms with E-state index in [1.165, 1.54) is 0 Å². The van der Waals surface area contributed by atoms with Crippen molar-refractivity contribution in [2.75, 3.05) is 6.54 Å². The summed E-state index contributed by atoms with van der Waals surface area (Å²) in [5.41, 5.74) is -0.0788. The molecule has 30 heavy (non-hydrogen) atoms. The van der Waals surface area contributed by atoms with E-state index in [0.717, 1.165) is 56.9 Å². The van der Waals surface area contributed by atoms with Gasteiger partial charge in [-0.05, 0) is 51.2 Å². The van der Waals surface area contributed by atoms with E-state index in [-0.39, 0.29) is 42.8 Å². The Morgan fingerprint density at radius 3 is 2.53 bits per heavy atom. The first-order valence-corrected chi connectivity index (χ1v) is 11.2. The normalized spacial score (nSPS) is 27.0. The molecule has 0 saturated heterocycles. The van der Waals surface area contributed by atoms with Gasteiger partial charge in [0.15, 0.2) is 0 Å². The summed E-state index contributed by atoms with van der Waals surface area (Å²) in [6, 6.07) is 0.271. The third-order valence-corrected chi connectivity index (χ3v) is 6.86. The van der Waals surface area contributed by atoms with Gasteiger partial charge in [-0.3, -0.25) is 14.4 Å². The van der Waals surface area contributed by atoms with E-state index in [2.05, 4.69) is 10.3 Å². The van der Waals surface area contributed by atoms with E-state index in [1.807, 2.05) is 31.0 Å². The van der Waals surface area contributed by atoms with Crippen LogP contribution in [-0.4, -0.2) is 57.5 Å². The Kier molecular flexibility index (Phi) is 5.80. The highest BCUT2D eigenvalue weighted by Gasteiger charge is 2.49. The Hall–Kier alpha value is -2.44. The van der Waals surface area contributed by atoms with Crippen molar-refractivity contribution >= 4 is 23.6 Å². The van der Waals surface area contributed by atoms with E-state index in [9.17, 15) is 14.4 Å². The number of rotatable bonds is 5. The smallest absolute Gasteiger partial charge is 0.250 e. The maximum absolute atomic E-state index is 13.9. The molecular weight excluding hydrogens is 380 g/mol. The number of aliphatic imine (C=N–C) groups is 1. The lowest BCUT2D eigenvalue weighted by molar-refractivity contribution is -0.148. The molecule has 0 aromatic rings. The minimum absolute atomic E-state index is 0.0143. The lowest BCUT2D eigenvalue weighted by Crippen LogP contribution is -2.63. The molecule has 3 amide bonds. The van der Waals surface area contributed by atoms with Crippen molar-refractivity contribution in [2.45, 2.75) is 89.3 Å². The van der Waals surface area contributed by atoms with Gasteiger partial charge in [-0.15, -0.1) is 0 Å². The number of carbonyl (C=O) groups is 3. The molecule has 1 N–H and O–H groups in total. The number of hydrogen-bond donors (Lipinski definition) is 1. The Morgan fingerprint density at radius 1 is 1.17 bits per heavy atom. The number of amidine groups is 1. The molecule has 0 radical (unpaired) electrons. The van der Waals surface area contributed by atoms with Crippen molar-refractivity contribution < 1.29 is 14.4 Å². The van der Waals surface area contributed by atoms with Crippen molar-refractivity contribution in [1.82, 2.24) is 15.1 Å². The topological polar surface area (TPSA) is 82.1 Å². The van der Waals surface area contributed by atoms with Crippen LogP contribution >= 0.6 is 0 Å². The second-order valence-corrected chi connectivity index (χ2v) is 9.31. The zero-order valence-electron chi connectivity index (χ0n) is 18.0. The highest BCUT2D eigenvalue weighted by atomic mass is 16.2. The lowest BCUT2D eigenvalue weighted by Gasteiger charge is -2.45. The highest BCUT2D eigenvalue weighted by molar-refractivity contribution is 6.10. The number of hydrogen-bond acceptors (Lipinski definition) is 4. The Balaban J connectivity index is 1.58. The van der Waals surface area contributed by atoms with E-state index in [1.54, 1.807) is 11.0 Å². The van der Waals surface area contributed by atoms with Gasteiger partial charge < -0.3 is 15.1 Å². The van der Waals surface area contributed by atoms with Gasteiger partial charge in [0.25, 0.3) is 5.91 Å². The average molecular weight is 413 g/mol. The molecule has 2 saturated carbocycles. The lowest BCUT2D eigenvalue weighted by atomic mass is 9.89. The number of fused-ring (bicyclic) bond motifs is 1. The van der Waals surface area contributed by atoms with Gasteiger partial charge in [-0.2, -0.15) is 4.99 Å². The minimum Gasteiger partial charge on any atom is -0.352 e. The zero-order valence-corrected chi connectivity index (χ0v) is 18.0. The molecule has 4 rings (SSSR count). The predicted molar refractivity (Wildman–Crippen MR) is 115 cm³/mol. The molecule has 7 nitrogen and oxygen atoms in total. The third kappa shape index (κ3) is 4.07. The fourth-order valence-corrected chi connectivity index (χ4v) is 5.20. The summed E-state index contributed by atoms with van der Waals surface area (Å²) in [5.74, 6) is -0.0472. The first-order valence-electron chi connectivity index (χ1n) is 11.2. The molecule has 2 fully saturated rings. The molecule has 7 heteroatoms. The first kappa shape index (κ1) is 20.8. The fourth-order valence-electron chi connectivity index (χ4n) is 5.20. The third-order valence-electron chi connectivity index (χ3n) is 6.86. The largest absolute Gasteiger partial charge is 0.352 e. The summed E-state index contributed by atoms with van der Waals surface area (Å²) in [5, 5.41) is 3.12. The molecule has 4 aliphatic rings. The molecule has 2 heterocycles. The van der Waals surface area contributed by atoms with Gasteiger partial charge in [0, 0.05) is 18.3 Å². The average Bonchev–Trinajstić information content (AvgIpc) is 3.40. The molecule has 0 bridgehead atoms. The predicted octanol–water partition coefficient (Wildman–Crippen LogP) is 2.68. The van der Waals surface area contributed by atoms with Crippen molar-refractivity contribution in [2.24, 2.45) is 4.99 Å². The summed E-state index contributed by atoms with van der Waals surface area (Å²) in [6.45, 7) is 3.82. The van der Waals surface area contributed by atoms with Crippen LogP contribution in [0.25, 0.3) is 0 Å². The number of nitrogens with zero attached hydrogens (tertiary/aromatic N) is 3. The van der Waals surface area contributed by atoms with Crippen LogP contribution in [0, 0.1) is 0 Å². The second-order valence-electron chi connectivity index (χ2n) is 9.31. The molecule has 0 aromatic carbocycles. The zero-order chi connectivity index (χ0) is 21.3. The van der Waals surface area contributed by atoms with Crippen LogP contribution in [-0.2, 0) is 14.4 Å². The van der Waals surface area contributed by atoms with Gasteiger partial charge in [0.1, 0.15) is 11.4 Å². The summed E-state index contributed by atoms with van der Waals surface area (Å²) in [4.78, 5) is 46.8. The van der Waals surface area contributed by atoms with Crippen LogP contribution in [0.4, 0.5) is 0 Å². The van der Waals surface area contributed by atoms with E-state index in [4.69, 9.17) is 0 Å². The van der Waals surface area contributed by atoms with E-state index < -0.39 is 5.54 Å². The van der Waals surface area contributed by atoms with Gasteiger partial charge in [-0.25, -0.2) is 0 Å². The van der Waals surface area contributed by atoms with Gasteiger partial charge in [0.2, 0.25) is 11.8 Å². The van der Waals surface area contributed by atoms with Crippen molar-refractivity contribution in [3.8, 4) is 0 Å².